The van der Waals surface area contributed by atoms with Crippen LogP contribution in [-0.2, 0) is 16.4 Å². The summed E-state index contributed by atoms with van der Waals surface area (Å²) in [6.45, 7) is 5.23. The molecule has 3 rings (SSSR count). The molecule has 1 aromatic heterocycles. The maximum absolute atomic E-state index is 13.5. The zero-order chi connectivity index (χ0) is 25.8. The molecule has 0 bridgehead atoms. The van der Waals surface area contributed by atoms with Crippen molar-refractivity contribution in [1.29, 1.82) is 0 Å². The van der Waals surface area contributed by atoms with Gasteiger partial charge in [-0.3, -0.25) is 9.10 Å². The number of sulfonamides is 1. The lowest BCUT2D eigenvalue weighted by Crippen LogP contribution is -2.50. The Balaban J connectivity index is 1.88. The number of anilines is 2. The fourth-order valence-electron chi connectivity index (χ4n) is 3.80. The molecule has 1 aromatic carbocycles. The van der Waals surface area contributed by atoms with Crippen molar-refractivity contribution >= 4 is 27.6 Å². The quantitative estimate of drug-likeness (QED) is 0.408. The molecule has 1 fully saturated rings. The lowest BCUT2D eigenvalue weighted by atomic mass is 10.00. The number of benzene rings is 1. The van der Waals surface area contributed by atoms with Crippen LogP contribution in [0.1, 0.15) is 43.1 Å². The predicted molar refractivity (Wildman–Crippen MR) is 138 cm³/mol. The molecule has 1 heterocycles. The Kier molecular flexibility index (Phi) is 8.71. The van der Waals surface area contributed by atoms with Gasteiger partial charge in [0.25, 0.3) is 5.91 Å². The van der Waals surface area contributed by atoms with E-state index < -0.39 is 39.9 Å². The lowest BCUT2D eigenvalue weighted by Gasteiger charge is -2.25. The van der Waals surface area contributed by atoms with E-state index in [1.54, 1.807) is 19.9 Å². The van der Waals surface area contributed by atoms with Gasteiger partial charge in [-0.1, -0.05) is 37.3 Å². The number of nitrogens with zero attached hydrogens (tertiary/aromatic N) is 2. The molecule has 0 radical (unpaired) electrons. The summed E-state index contributed by atoms with van der Waals surface area (Å²) in [5, 5.41) is 5.42. The number of amides is 1. The topological polar surface area (TPSA) is 117 Å². The second-order valence-corrected chi connectivity index (χ2v) is 12.1. The molecule has 0 saturated heterocycles. The van der Waals surface area contributed by atoms with Gasteiger partial charge in [0.2, 0.25) is 10.0 Å². The van der Waals surface area contributed by atoms with E-state index in [2.05, 4.69) is 22.5 Å². The fraction of sp³-hybridized carbons (Fsp3) is 0.520. The number of alkyl halides is 1. The Morgan fingerprint density at radius 1 is 1.26 bits per heavy atom. The SMILES string of the molecule is CC(C)S(=O)(=O)N(C)c1cc(C(=O)NC(Cc2ccccc2)C(N)CF)cc(NC[C@H]2C[C@@H]2C)n1. The first-order valence-electron chi connectivity index (χ1n) is 11.9. The molecule has 1 aliphatic rings. The minimum Gasteiger partial charge on any atom is -0.370 e. The molecule has 10 heteroatoms. The van der Waals surface area contributed by atoms with Gasteiger partial charge in [0.15, 0.2) is 0 Å². The molecule has 2 unspecified atom stereocenters. The average Bonchev–Trinajstić information content (AvgIpc) is 3.56. The van der Waals surface area contributed by atoms with Crippen LogP contribution >= 0.6 is 0 Å². The number of rotatable bonds is 12. The number of nitrogens with two attached hydrogens (primary N) is 1. The third kappa shape index (κ3) is 6.91. The van der Waals surface area contributed by atoms with Gasteiger partial charge in [-0.05, 0) is 56.2 Å². The van der Waals surface area contributed by atoms with Gasteiger partial charge in [0.1, 0.15) is 18.3 Å². The summed E-state index contributed by atoms with van der Waals surface area (Å²) in [6.07, 6.45) is 1.48. The van der Waals surface area contributed by atoms with Crippen LogP contribution in [0.15, 0.2) is 42.5 Å². The normalized spacial score (nSPS) is 19.2. The van der Waals surface area contributed by atoms with E-state index in [4.69, 9.17) is 5.73 Å². The highest BCUT2D eigenvalue weighted by Gasteiger charge is 2.32. The Morgan fingerprint density at radius 2 is 1.91 bits per heavy atom. The van der Waals surface area contributed by atoms with E-state index in [1.807, 2.05) is 30.3 Å². The third-order valence-corrected chi connectivity index (χ3v) is 8.65. The van der Waals surface area contributed by atoms with Gasteiger partial charge in [0.05, 0.1) is 17.3 Å². The van der Waals surface area contributed by atoms with Crippen LogP contribution in [-0.4, -0.2) is 56.9 Å². The number of hydrogen-bond donors (Lipinski definition) is 3. The van der Waals surface area contributed by atoms with Crippen molar-refractivity contribution in [1.82, 2.24) is 10.3 Å². The summed E-state index contributed by atoms with van der Waals surface area (Å²) >= 11 is 0. The van der Waals surface area contributed by atoms with Gasteiger partial charge in [0, 0.05) is 19.2 Å². The Morgan fingerprint density at radius 3 is 2.49 bits per heavy atom. The van der Waals surface area contributed by atoms with Crippen LogP contribution in [0.2, 0.25) is 0 Å². The number of aromatic nitrogens is 1. The van der Waals surface area contributed by atoms with E-state index in [1.165, 1.54) is 13.1 Å². The number of halogens is 1. The molecule has 2 aromatic rings. The van der Waals surface area contributed by atoms with Crippen LogP contribution in [0.25, 0.3) is 0 Å². The monoisotopic (exact) mass is 505 g/mol. The highest BCUT2D eigenvalue weighted by molar-refractivity contribution is 7.93. The third-order valence-electron chi connectivity index (χ3n) is 6.51. The summed E-state index contributed by atoms with van der Waals surface area (Å²) in [4.78, 5) is 17.7. The molecule has 4 N–H and O–H groups in total. The summed E-state index contributed by atoms with van der Waals surface area (Å²) < 4.78 is 40.1. The summed E-state index contributed by atoms with van der Waals surface area (Å²) in [7, 11) is -2.24. The molecule has 192 valence electrons. The molecule has 4 atom stereocenters. The van der Waals surface area contributed by atoms with Gasteiger partial charge >= 0.3 is 0 Å². The first-order chi connectivity index (χ1) is 16.5. The highest BCUT2D eigenvalue weighted by atomic mass is 32.2. The van der Waals surface area contributed by atoms with Crippen LogP contribution in [0.5, 0.6) is 0 Å². The van der Waals surface area contributed by atoms with Crippen molar-refractivity contribution in [2.24, 2.45) is 17.6 Å². The first-order valence-corrected chi connectivity index (χ1v) is 13.4. The minimum absolute atomic E-state index is 0.132. The Labute approximate surface area is 207 Å². The van der Waals surface area contributed by atoms with E-state index in [0.717, 1.165) is 16.3 Å². The second-order valence-electron chi connectivity index (χ2n) is 9.60. The van der Waals surface area contributed by atoms with Crippen LogP contribution in [0.3, 0.4) is 0 Å². The maximum atomic E-state index is 13.5. The molecule has 1 amide bonds. The smallest absolute Gasteiger partial charge is 0.251 e. The number of pyridine rings is 1. The van der Waals surface area contributed by atoms with Crippen LogP contribution in [0.4, 0.5) is 16.0 Å². The summed E-state index contributed by atoms with van der Waals surface area (Å²) in [5.74, 6) is 1.21. The second kappa shape index (κ2) is 11.3. The highest BCUT2D eigenvalue weighted by Crippen LogP contribution is 2.37. The van der Waals surface area contributed by atoms with Crippen LogP contribution < -0.4 is 20.7 Å². The molecule has 1 saturated carbocycles. The van der Waals surface area contributed by atoms with Crippen molar-refractivity contribution < 1.29 is 17.6 Å². The number of carbonyl (C=O) groups excluding carboxylic acids is 1. The maximum Gasteiger partial charge on any atom is 0.251 e. The largest absolute Gasteiger partial charge is 0.370 e. The Hall–Kier alpha value is -2.72. The number of carbonyl (C=O) groups is 1. The minimum atomic E-state index is -3.66. The lowest BCUT2D eigenvalue weighted by molar-refractivity contribution is 0.0928. The first kappa shape index (κ1) is 26.9. The van der Waals surface area contributed by atoms with Gasteiger partial charge in [-0.2, -0.15) is 0 Å². The van der Waals surface area contributed by atoms with Crippen molar-refractivity contribution in [2.45, 2.75) is 50.9 Å². The summed E-state index contributed by atoms with van der Waals surface area (Å²) in [5.41, 5.74) is 7.12. The van der Waals surface area contributed by atoms with E-state index >= 15 is 0 Å². The van der Waals surface area contributed by atoms with Gasteiger partial charge in [-0.15, -0.1) is 0 Å². The van der Waals surface area contributed by atoms with E-state index in [-0.39, 0.29) is 11.4 Å². The number of hydrogen-bond acceptors (Lipinski definition) is 6. The molecule has 0 spiro atoms. The van der Waals surface area contributed by atoms with Crippen molar-refractivity contribution in [2.75, 3.05) is 29.9 Å². The zero-order valence-corrected chi connectivity index (χ0v) is 21.6. The molecular formula is C25H36FN5O3S. The predicted octanol–water partition coefficient (Wildman–Crippen LogP) is 2.96. The Bertz CT molecular complexity index is 1110. The van der Waals surface area contributed by atoms with Crippen molar-refractivity contribution in [3.63, 3.8) is 0 Å². The molecular weight excluding hydrogens is 469 g/mol. The van der Waals surface area contributed by atoms with Crippen molar-refractivity contribution in [3.8, 4) is 0 Å². The molecule has 0 aliphatic heterocycles. The fourth-order valence-corrected chi connectivity index (χ4v) is 4.79. The van der Waals surface area contributed by atoms with Crippen molar-refractivity contribution in [3.05, 3.63) is 53.6 Å². The molecule has 1 aliphatic carbocycles. The van der Waals surface area contributed by atoms with E-state index in [9.17, 15) is 17.6 Å². The summed E-state index contributed by atoms with van der Waals surface area (Å²) in [6, 6.07) is 10.9. The molecule has 8 nitrogen and oxygen atoms in total. The van der Waals surface area contributed by atoms with E-state index in [0.29, 0.717) is 30.6 Å². The standard InChI is InChI=1S/C25H36FN5O3S/c1-16(2)35(33,34)31(4)24-13-19(12-23(30-24)28-15-20-10-17(20)3)25(32)29-22(21(27)14-26)11-18-8-6-5-7-9-18/h5-9,12-13,16-17,20-22H,10-11,14-15,27H2,1-4H3,(H,28,30)(H,29,32)/t17-,20+,21?,22?/m0/s1. The zero-order valence-electron chi connectivity index (χ0n) is 20.7. The van der Waals surface area contributed by atoms with Gasteiger partial charge < -0.3 is 16.4 Å². The number of nitrogens with one attached hydrogen (secondary N) is 2. The average molecular weight is 506 g/mol. The molecule has 35 heavy (non-hydrogen) atoms. The van der Waals surface area contributed by atoms with Gasteiger partial charge in [-0.25, -0.2) is 17.8 Å². The van der Waals surface area contributed by atoms with Crippen LogP contribution in [0, 0.1) is 11.8 Å².